The summed E-state index contributed by atoms with van der Waals surface area (Å²) in [5.41, 5.74) is 3.31. The molecule has 0 atom stereocenters. The van der Waals surface area contributed by atoms with Crippen molar-refractivity contribution in [3.05, 3.63) is 47.5 Å². The van der Waals surface area contributed by atoms with Crippen LogP contribution in [-0.4, -0.2) is 27.1 Å². The SMILES string of the molecule is Cc1ccc(N(C)S(=O)(=O)c2ccc3c(c2)NC(=O)CCS3)cc1C. The van der Waals surface area contributed by atoms with E-state index in [1.807, 2.05) is 26.0 Å². The van der Waals surface area contributed by atoms with Gasteiger partial charge in [0.2, 0.25) is 5.91 Å². The molecule has 1 amide bonds. The Labute approximate surface area is 152 Å². The molecule has 1 heterocycles. The predicted octanol–water partition coefficient (Wildman–Crippen LogP) is 3.56. The third-order valence-electron chi connectivity index (χ3n) is 4.32. The van der Waals surface area contributed by atoms with Crippen LogP contribution in [0.1, 0.15) is 17.5 Å². The van der Waals surface area contributed by atoms with Crippen molar-refractivity contribution < 1.29 is 13.2 Å². The van der Waals surface area contributed by atoms with Crippen molar-refractivity contribution in [3.63, 3.8) is 0 Å². The fraction of sp³-hybridized carbons (Fsp3) is 0.278. The lowest BCUT2D eigenvalue weighted by Gasteiger charge is -2.21. The van der Waals surface area contributed by atoms with Crippen molar-refractivity contribution in [2.75, 3.05) is 22.4 Å². The molecule has 2 aromatic rings. The van der Waals surface area contributed by atoms with Crippen LogP contribution in [0.4, 0.5) is 11.4 Å². The number of anilines is 2. The van der Waals surface area contributed by atoms with Gasteiger partial charge in [-0.3, -0.25) is 9.10 Å². The third-order valence-corrected chi connectivity index (χ3v) is 7.18. The highest BCUT2D eigenvalue weighted by Gasteiger charge is 2.24. The van der Waals surface area contributed by atoms with E-state index >= 15 is 0 Å². The number of nitrogens with one attached hydrogen (secondary N) is 1. The second-order valence-corrected chi connectivity index (χ2v) is 9.15. The minimum absolute atomic E-state index is 0.0942. The molecule has 0 saturated carbocycles. The molecule has 0 unspecified atom stereocenters. The average Bonchev–Trinajstić information content (AvgIpc) is 2.76. The summed E-state index contributed by atoms with van der Waals surface area (Å²) in [4.78, 5) is 12.8. The zero-order valence-electron chi connectivity index (χ0n) is 14.4. The molecule has 1 N–H and O–H groups in total. The lowest BCUT2D eigenvalue weighted by molar-refractivity contribution is -0.115. The summed E-state index contributed by atoms with van der Waals surface area (Å²) in [5, 5.41) is 2.79. The zero-order chi connectivity index (χ0) is 18.2. The quantitative estimate of drug-likeness (QED) is 0.889. The first-order valence-electron chi connectivity index (χ1n) is 7.92. The smallest absolute Gasteiger partial charge is 0.264 e. The summed E-state index contributed by atoms with van der Waals surface area (Å²) in [7, 11) is -2.17. The summed E-state index contributed by atoms with van der Waals surface area (Å²) in [6, 6.07) is 10.4. The van der Waals surface area contributed by atoms with Crippen LogP contribution in [0.25, 0.3) is 0 Å². The first-order valence-corrected chi connectivity index (χ1v) is 10.3. The molecule has 0 radical (unpaired) electrons. The molecule has 0 saturated heterocycles. The van der Waals surface area contributed by atoms with Gasteiger partial charge in [-0.05, 0) is 55.3 Å². The summed E-state index contributed by atoms with van der Waals surface area (Å²) in [6.45, 7) is 3.94. The van der Waals surface area contributed by atoms with Gasteiger partial charge in [0.15, 0.2) is 0 Å². The van der Waals surface area contributed by atoms with Crippen LogP contribution >= 0.6 is 11.8 Å². The number of aryl methyl sites for hydroxylation is 2. The summed E-state index contributed by atoms with van der Waals surface area (Å²) in [6.07, 6.45) is 0.421. The molecule has 7 heteroatoms. The number of thioether (sulfide) groups is 1. The number of nitrogens with zero attached hydrogens (tertiary/aromatic N) is 1. The molecule has 132 valence electrons. The van der Waals surface area contributed by atoms with Crippen molar-refractivity contribution in [1.82, 2.24) is 0 Å². The molecular weight excluding hydrogens is 356 g/mol. The lowest BCUT2D eigenvalue weighted by atomic mass is 10.1. The van der Waals surface area contributed by atoms with Crippen LogP contribution in [-0.2, 0) is 14.8 Å². The lowest BCUT2D eigenvalue weighted by Crippen LogP contribution is -2.26. The Morgan fingerprint density at radius 3 is 2.56 bits per heavy atom. The first kappa shape index (κ1) is 17.8. The first-order chi connectivity index (χ1) is 11.8. The molecule has 0 spiro atoms. The number of benzene rings is 2. The highest BCUT2D eigenvalue weighted by atomic mass is 32.2. The largest absolute Gasteiger partial charge is 0.325 e. The van der Waals surface area contributed by atoms with E-state index in [-0.39, 0.29) is 10.8 Å². The second-order valence-electron chi connectivity index (χ2n) is 6.05. The van der Waals surface area contributed by atoms with E-state index in [4.69, 9.17) is 0 Å². The standard InChI is InChI=1S/C18H20N2O3S2/c1-12-4-5-14(10-13(12)2)20(3)25(22,23)15-6-7-17-16(11-15)19-18(21)8-9-24-17/h4-7,10-11H,8-9H2,1-3H3,(H,19,21). The Hall–Kier alpha value is -1.99. The van der Waals surface area contributed by atoms with Gasteiger partial charge in [-0.15, -0.1) is 11.8 Å². The van der Waals surface area contributed by atoms with Crippen molar-refractivity contribution >= 4 is 39.1 Å². The molecule has 0 bridgehead atoms. The second kappa shape index (κ2) is 6.72. The maximum absolute atomic E-state index is 13.0. The van der Waals surface area contributed by atoms with Crippen LogP contribution in [0.5, 0.6) is 0 Å². The van der Waals surface area contributed by atoms with Gasteiger partial charge in [0.25, 0.3) is 10.0 Å². The topological polar surface area (TPSA) is 66.5 Å². The molecule has 0 aromatic heterocycles. The number of amides is 1. The molecule has 25 heavy (non-hydrogen) atoms. The number of fused-ring (bicyclic) bond motifs is 1. The normalized spacial score (nSPS) is 14.4. The Kier molecular flexibility index (Phi) is 4.79. The Balaban J connectivity index is 1.99. The average molecular weight is 377 g/mol. The molecule has 0 aliphatic carbocycles. The maximum atomic E-state index is 13.0. The Morgan fingerprint density at radius 1 is 1.08 bits per heavy atom. The van der Waals surface area contributed by atoms with Gasteiger partial charge in [-0.1, -0.05) is 6.07 Å². The van der Waals surface area contributed by atoms with E-state index in [2.05, 4.69) is 5.32 Å². The van der Waals surface area contributed by atoms with E-state index < -0.39 is 10.0 Å². The number of rotatable bonds is 3. The summed E-state index contributed by atoms with van der Waals surface area (Å²) < 4.78 is 27.2. The minimum atomic E-state index is -3.71. The summed E-state index contributed by atoms with van der Waals surface area (Å²) in [5.74, 6) is 0.594. The number of carbonyl (C=O) groups excluding carboxylic acids is 1. The van der Waals surface area contributed by atoms with Gasteiger partial charge in [0.1, 0.15) is 0 Å². The van der Waals surface area contributed by atoms with Gasteiger partial charge in [0, 0.05) is 24.1 Å². The molecule has 1 aliphatic rings. The summed E-state index contributed by atoms with van der Waals surface area (Å²) >= 11 is 1.55. The van der Waals surface area contributed by atoms with Crippen molar-refractivity contribution in [3.8, 4) is 0 Å². The number of sulfonamides is 1. The van der Waals surface area contributed by atoms with Crippen LogP contribution in [0.2, 0.25) is 0 Å². The van der Waals surface area contributed by atoms with Gasteiger partial charge >= 0.3 is 0 Å². The van der Waals surface area contributed by atoms with Crippen LogP contribution in [0, 0.1) is 13.8 Å². The number of hydrogen-bond acceptors (Lipinski definition) is 4. The van der Waals surface area contributed by atoms with Crippen molar-refractivity contribution in [2.24, 2.45) is 0 Å². The van der Waals surface area contributed by atoms with Crippen LogP contribution in [0.15, 0.2) is 46.2 Å². The minimum Gasteiger partial charge on any atom is -0.325 e. The molecule has 5 nitrogen and oxygen atoms in total. The van der Waals surface area contributed by atoms with E-state index in [1.165, 1.54) is 4.31 Å². The van der Waals surface area contributed by atoms with Gasteiger partial charge < -0.3 is 5.32 Å². The number of carbonyl (C=O) groups is 1. The fourth-order valence-corrected chi connectivity index (χ4v) is 4.73. The van der Waals surface area contributed by atoms with Gasteiger partial charge in [-0.2, -0.15) is 0 Å². The fourth-order valence-electron chi connectivity index (χ4n) is 2.58. The van der Waals surface area contributed by atoms with Gasteiger partial charge in [0.05, 0.1) is 16.3 Å². The predicted molar refractivity (Wildman–Crippen MR) is 102 cm³/mol. The molecule has 2 aromatic carbocycles. The highest BCUT2D eigenvalue weighted by molar-refractivity contribution is 7.99. The van der Waals surface area contributed by atoms with Crippen molar-refractivity contribution in [1.29, 1.82) is 0 Å². The van der Waals surface area contributed by atoms with Crippen LogP contribution < -0.4 is 9.62 Å². The molecular formula is C18H20N2O3S2. The Morgan fingerprint density at radius 2 is 1.84 bits per heavy atom. The third kappa shape index (κ3) is 3.52. The molecule has 1 aliphatic heterocycles. The van der Waals surface area contributed by atoms with E-state index in [0.717, 1.165) is 16.0 Å². The molecule has 3 rings (SSSR count). The zero-order valence-corrected chi connectivity index (χ0v) is 16.0. The highest BCUT2D eigenvalue weighted by Crippen LogP contribution is 2.34. The van der Waals surface area contributed by atoms with Crippen LogP contribution in [0.3, 0.4) is 0 Å². The monoisotopic (exact) mass is 376 g/mol. The maximum Gasteiger partial charge on any atom is 0.264 e. The van der Waals surface area contributed by atoms with Crippen molar-refractivity contribution in [2.45, 2.75) is 30.1 Å². The molecule has 0 fully saturated rings. The Bertz CT molecular complexity index is 939. The number of hydrogen-bond donors (Lipinski definition) is 1. The van der Waals surface area contributed by atoms with E-state index in [1.54, 1.807) is 43.1 Å². The van der Waals surface area contributed by atoms with E-state index in [0.29, 0.717) is 23.5 Å². The van der Waals surface area contributed by atoms with E-state index in [9.17, 15) is 13.2 Å². The van der Waals surface area contributed by atoms with Gasteiger partial charge in [-0.25, -0.2) is 8.42 Å².